The molecule has 4 bridgehead atoms. The highest BCUT2D eigenvalue weighted by molar-refractivity contribution is 5.99. The molecule has 4 aliphatic rings. The van der Waals surface area contributed by atoms with E-state index < -0.39 is 0 Å². The third-order valence-electron chi connectivity index (χ3n) is 8.66. The van der Waals surface area contributed by atoms with Crippen LogP contribution in [0.3, 0.4) is 0 Å². The highest BCUT2D eigenvalue weighted by atomic mass is 16.5. The highest BCUT2D eigenvalue weighted by Gasteiger charge is 2.63. The van der Waals surface area contributed by atoms with Crippen LogP contribution in [-0.2, 0) is 4.74 Å². The molecule has 0 heterocycles. The summed E-state index contributed by atoms with van der Waals surface area (Å²) in [7, 11) is 1.73. The van der Waals surface area contributed by atoms with Crippen molar-refractivity contribution in [2.75, 3.05) is 7.11 Å². The Bertz CT molecular complexity index is 1130. The van der Waals surface area contributed by atoms with Gasteiger partial charge in [0.1, 0.15) is 0 Å². The Labute approximate surface area is 172 Å². The number of methoxy groups -OCH3 is 1. The molecule has 0 radical (unpaired) electrons. The number of hydrogen-bond donors (Lipinski definition) is 0. The van der Waals surface area contributed by atoms with Crippen molar-refractivity contribution in [2.24, 2.45) is 23.7 Å². The smallest absolute Gasteiger partial charge is 0.0824 e. The lowest BCUT2D eigenvalue weighted by Crippen LogP contribution is -2.27. The van der Waals surface area contributed by atoms with Gasteiger partial charge in [0, 0.05) is 0 Å². The zero-order valence-corrected chi connectivity index (χ0v) is 16.8. The molecule has 3 saturated carbocycles. The SMILES string of the molecule is CO/C=C/C=C1[C@H]2CC[C@@H]1C1C2[C@H]2C[C@@H]1c1cc3cc4ccccc4cc3cc12. The van der Waals surface area contributed by atoms with Gasteiger partial charge >= 0.3 is 0 Å². The van der Waals surface area contributed by atoms with E-state index in [9.17, 15) is 0 Å². The number of rotatable bonds is 2. The van der Waals surface area contributed by atoms with Crippen molar-refractivity contribution in [1.29, 1.82) is 0 Å². The van der Waals surface area contributed by atoms with Crippen LogP contribution >= 0.6 is 0 Å². The summed E-state index contributed by atoms with van der Waals surface area (Å²) in [6.45, 7) is 0. The number of benzene rings is 3. The number of fused-ring (bicyclic) bond motifs is 14. The third-order valence-corrected chi connectivity index (χ3v) is 8.66. The minimum atomic E-state index is 0.779. The molecule has 0 aromatic heterocycles. The molecule has 6 atom stereocenters. The molecule has 3 aromatic rings. The van der Waals surface area contributed by atoms with Gasteiger partial charge in [-0.1, -0.05) is 48.0 Å². The fourth-order valence-corrected chi connectivity index (χ4v) is 7.83. The average Bonchev–Trinajstić information content (AvgIpc) is 3.48. The molecule has 29 heavy (non-hydrogen) atoms. The Morgan fingerprint density at radius 1 is 0.759 bits per heavy atom. The predicted molar refractivity (Wildman–Crippen MR) is 119 cm³/mol. The molecule has 7 rings (SSSR count). The Kier molecular flexibility index (Phi) is 3.23. The quantitative estimate of drug-likeness (QED) is 0.267. The molecule has 0 N–H and O–H groups in total. The van der Waals surface area contributed by atoms with E-state index in [0.717, 1.165) is 35.5 Å². The van der Waals surface area contributed by atoms with Gasteiger partial charge in [0.05, 0.1) is 13.4 Å². The molecule has 1 heteroatoms. The molecule has 0 amide bonds. The second-order valence-electron chi connectivity index (χ2n) is 9.65. The molecule has 4 aliphatic carbocycles. The summed E-state index contributed by atoms with van der Waals surface area (Å²) in [5, 5.41) is 5.56. The van der Waals surface area contributed by atoms with Gasteiger partial charge in [-0.3, -0.25) is 0 Å². The number of ether oxygens (including phenoxy) is 1. The van der Waals surface area contributed by atoms with Crippen molar-refractivity contribution >= 4 is 21.5 Å². The Hall–Kier alpha value is -2.54. The lowest BCUT2D eigenvalue weighted by molar-refractivity contribution is 0.218. The van der Waals surface area contributed by atoms with Crippen LogP contribution in [0.5, 0.6) is 0 Å². The van der Waals surface area contributed by atoms with E-state index in [-0.39, 0.29) is 0 Å². The van der Waals surface area contributed by atoms with E-state index in [2.05, 4.69) is 60.7 Å². The Morgan fingerprint density at radius 2 is 1.34 bits per heavy atom. The average molecular weight is 379 g/mol. The highest BCUT2D eigenvalue weighted by Crippen LogP contribution is 2.73. The van der Waals surface area contributed by atoms with Crippen LogP contribution in [0.25, 0.3) is 21.5 Å². The van der Waals surface area contributed by atoms with Gasteiger partial charge in [0.25, 0.3) is 0 Å². The van der Waals surface area contributed by atoms with E-state index in [4.69, 9.17) is 4.74 Å². The fourth-order valence-electron chi connectivity index (χ4n) is 7.83. The minimum Gasteiger partial charge on any atom is -0.504 e. The number of allylic oxidation sites excluding steroid dienone is 3. The van der Waals surface area contributed by atoms with Gasteiger partial charge in [-0.25, -0.2) is 0 Å². The first-order valence-corrected chi connectivity index (χ1v) is 11.2. The topological polar surface area (TPSA) is 9.23 Å². The normalized spacial score (nSPS) is 35.3. The molecular formula is C28H26O. The summed E-state index contributed by atoms with van der Waals surface area (Å²) in [4.78, 5) is 0. The first-order valence-electron chi connectivity index (χ1n) is 11.2. The van der Waals surface area contributed by atoms with Crippen LogP contribution in [0.2, 0.25) is 0 Å². The molecule has 3 aromatic carbocycles. The van der Waals surface area contributed by atoms with E-state index in [1.54, 1.807) is 23.8 Å². The third kappa shape index (κ3) is 2.06. The van der Waals surface area contributed by atoms with Gasteiger partial charge in [0.15, 0.2) is 0 Å². The van der Waals surface area contributed by atoms with Gasteiger partial charge in [-0.15, -0.1) is 0 Å². The zero-order valence-electron chi connectivity index (χ0n) is 16.8. The second kappa shape index (κ2) is 5.75. The molecule has 3 fully saturated rings. The van der Waals surface area contributed by atoms with Crippen LogP contribution in [0.15, 0.2) is 72.5 Å². The first-order chi connectivity index (χ1) is 14.3. The van der Waals surface area contributed by atoms with Crippen LogP contribution < -0.4 is 0 Å². The van der Waals surface area contributed by atoms with Crippen molar-refractivity contribution in [3.8, 4) is 0 Å². The summed E-state index contributed by atoms with van der Waals surface area (Å²) in [5.41, 5.74) is 5.09. The Morgan fingerprint density at radius 3 is 1.90 bits per heavy atom. The Balaban J connectivity index is 1.35. The zero-order chi connectivity index (χ0) is 19.1. The van der Waals surface area contributed by atoms with E-state index >= 15 is 0 Å². The lowest BCUT2D eigenvalue weighted by Gasteiger charge is -2.35. The fraction of sp³-hybridized carbons (Fsp3) is 0.357. The summed E-state index contributed by atoms with van der Waals surface area (Å²) in [6.07, 6.45) is 10.5. The molecule has 0 aliphatic heterocycles. The van der Waals surface area contributed by atoms with Crippen molar-refractivity contribution in [3.05, 3.63) is 83.6 Å². The van der Waals surface area contributed by atoms with Crippen LogP contribution in [0.1, 0.15) is 42.2 Å². The van der Waals surface area contributed by atoms with Crippen LogP contribution in [0, 0.1) is 23.7 Å². The maximum Gasteiger partial charge on any atom is 0.0824 e. The number of hydrogen-bond acceptors (Lipinski definition) is 1. The monoisotopic (exact) mass is 378 g/mol. The van der Waals surface area contributed by atoms with Crippen LogP contribution in [-0.4, -0.2) is 7.11 Å². The van der Waals surface area contributed by atoms with Crippen LogP contribution in [0.4, 0.5) is 0 Å². The van der Waals surface area contributed by atoms with E-state index in [0.29, 0.717) is 0 Å². The molecule has 144 valence electrons. The van der Waals surface area contributed by atoms with Gasteiger partial charge in [0.2, 0.25) is 0 Å². The lowest BCUT2D eigenvalue weighted by atomic mass is 9.68. The standard InChI is InChI=1S/C28H26O/c1-29-10-4-7-20-21-8-9-22(20)28-26-15-25(27(21)28)23-13-18-11-16-5-2-3-6-17(16)12-19(18)14-24(23)26/h2-7,10-14,21-22,25-28H,8-9,15H2,1H3/b10-4+,20-7?/t21-,22+,25+,26-,27?,28?. The first kappa shape index (κ1) is 16.3. The summed E-state index contributed by atoms with van der Waals surface area (Å²) in [5.74, 6) is 4.93. The summed E-state index contributed by atoms with van der Waals surface area (Å²) >= 11 is 0. The minimum absolute atomic E-state index is 0.779. The second-order valence-corrected chi connectivity index (χ2v) is 9.65. The maximum atomic E-state index is 5.14. The van der Waals surface area contributed by atoms with Gasteiger partial charge in [-0.05, 0) is 106 Å². The summed E-state index contributed by atoms with van der Waals surface area (Å²) in [6, 6.07) is 18.7. The molecule has 2 unspecified atom stereocenters. The van der Waals surface area contributed by atoms with E-state index in [1.165, 1.54) is 40.8 Å². The predicted octanol–water partition coefficient (Wildman–Crippen LogP) is 6.94. The molecule has 1 nitrogen and oxygen atoms in total. The van der Waals surface area contributed by atoms with Crippen molar-refractivity contribution < 1.29 is 4.74 Å². The van der Waals surface area contributed by atoms with E-state index in [1.807, 2.05) is 6.26 Å². The molecule has 0 spiro atoms. The van der Waals surface area contributed by atoms with Crippen molar-refractivity contribution in [2.45, 2.75) is 31.1 Å². The largest absolute Gasteiger partial charge is 0.504 e. The van der Waals surface area contributed by atoms with Crippen molar-refractivity contribution in [3.63, 3.8) is 0 Å². The van der Waals surface area contributed by atoms with Gasteiger partial charge < -0.3 is 4.74 Å². The van der Waals surface area contributed by atoms with Gasteiger partial charge in [-0.2, -0.15) is 0 Å². The summed E-state index contributed by atoms with van der Waals surface area (Å²) < 4.78 is 5.14. The maximum absolute atomic E-state index is 5.14. The van der Waals surface area contributed by atoms with Crippen molar-refractivity contribution in [1.82, 2.24) is 0 Å². The molecular weight excluding hydrogens is 352 g/mol. The molecule has 0 saturated heterocycles.